The molecular formula is C7H7NO3S. The summed E-state index contributed by atoms with van der Waals surface area (Å²) >= 11 is 0. The van der Waals surface area contributed by atoms with Crippen LogP contribution in [0.15, 0.2) is 22.6 Å². The molecule has 0 saturated heterocycles. The second kappa shape index (κ2) is 2.18. The quantitative estimate of drug-likeness (QED) is 0.580. The summed E-state index contributed by atoms with van der Waals surface area (Å²) in [5.74, 6) is 0. The van der Waals surface area contributed by atoms with Crippen molar-refractivity contribution in [3.05, 3.63) is 34.7 Å². The van der Waals surface area contributed by atoms with Crippen molar-refractivity contribution < 1.29 is 13.0 Å². The maximum Gasteiger partial charge on any atom is 0.292 e. The molecule has 0 fully saturated rings. The zero-order valence-corrected chi connectivity index (χ0v) is 7.14. The molecule has 0 amide bonds. The molecule has 4 nitrogen and oxygen atoms in total. The Balaban J connectivity index is 2.53. The van der Waals surface area contributed by atoms with E-state index in [1.807, 2.05) is 0 Å². The molecule has 2 N–H and O–H groups in total. The van der Waals surface area contributed by atoms with Crippen LogP contribution >= 0.6 is 0 Å². The van der Waals surface area contributed by atoms with E-state index in [0.717, 1.165) is 6.04 Å². The number of fused-ring (bicyclic) bond motifs is 2. The molecule has 2 radical (unpaired) electrons. The van der Waals surface area contributed by atoms with Crippen LogP contribution in [-0.4, -0.2) is 13.0 Å². The third-order valence-electron chi connectivity index (χ3n) is 1.93. The van der Waals surface area contributed by atoms with E-state index in [-0.39, 0.29) is 4.91 Å². The zero-order chi connectivity index (χ0) is 8.93. The highest BCUT2D eigenvalue weighted by Gasteiger charge is 2.39. The molecule has 0 aromatic carbocycles. The zero-order valence-electron chi connectivity index (χ0n) is 6.33. The Morgan fingerprint density at radius 3 is 2.25 bits per heavy atom. The smallest absolute Gasteiger partial charge is 0.287 e. The first kappa shape index (κ1) is 7.97. The van der Waals surface area contributed by atoms with Gasteiger partial charge < -0.3 is 0 Å². The Labute approximate surface area is 70.7 Å². The van der Waals surface area contributed by atoms with Crippen LogP contribution in [0.1, 0.15) is 6.92 Å². The van der Waals surface area contributed by atoms with Crippen LogP contribution in [0.4, 0.5) is 0 Å². The van der Waals surface area contributed by atoms with Crippen LogP contribution in [0.5, 0.6) is 0 Å². The summed E-state index contributed by atoms with van der Waals surface area (Å²) in [7, 11) is -4.07. The Hall–Kier alpha value is -0.650. The van der Waals surface area contributed by atoms with E-state index in [1.54, 1.807) is 19.1 Å². The number of rotatable bonds is 1. The van der Waals surface area contributed by atoms with Gasteiger partial charge >= 0.3 is 0 Å². The molecule has 0 aromatic heterocycles. The number of hydrogen-bond donors (Lipinski definition) is 2. The molecule has 2 aliphatic rings. The monoisotopic (exact) mass is 185 g/mol. The van der Waals surface area contributed by atoms with Crippen LogP contribution in [0, 0.1) is 12.1 Å². The molecule has 0 spiro atoms. The van der Waals surface area contributed by atoms with E-state index < -0.39 is 10.1 Å². The van der Waals surface area contributed by atoms with Crippen LogP contribution in [0.3, 0.4) is 0 Å². The molecular weight excluding hydrogens is 178 g/mol. The largest absolute Gasteiger partial charge is 0.292 e. The van der Waals surface area contributed by atoms with Crippen molar-refractivity contribution in [1.82, 2.24) is 5.32 Å². The second-order valence-corrected chi connectivity index (χ2v) is 4.07. The molecule has 2 heterocycles. The van der Waals surface area contributed by atoms with Gasteiger partial charge in [-0.3, -0.25) is 9.87 Å². The lowest BCUT2D eigenvalue weighted by molar-refractivity contribution is 0.490. The van der Waals surface area contributed by atoms with E-state index in [0.29, 0.717) is 11.6 Å². The standard InChI is InChI=1S/C7H7NO3S/c1-4-5-2-3-6(8-5)7(4)12(9,10)11/h2-3,8H,1H3,(H,9,10,11). The molecule has 0 aromatic rings. The van der Waals surface area contributed by atoms with Gasteiger partial charge in [-0.1, -0.05) is 12.2 Å². The molecule has 12 heavy (non-hydrogen) atoms. The summed E-state index contributed by atoms with van der Waals surface area (Å²) in [6.45, 7) is 1.65. The molecule has 2 rings (SSSR count). The van der Waals surface area contributed by atoms with E-state index in [1.165, 1.54) is 0 Å². The molecule has 5 heteroatoms. The molecule has 0 atom stereocenters. The third kappa shape index (κ3) is 0.939. The summed E-state index contributed by atoms with van der Waals surface area (Å²) < 4.78 is 30.5. The maximum atomic E-state index is 10.8. The fourth-order valence-corrected chi connectivity index (χ4v) is 2.30. The van der Waals surface area contributed by atoms with Crippen molar-refractivity contribution >= 4 is 10.1 Å². The van der Waals surface area contributed by atoms with Crippen molar-refractivity contribution in [3.8, 4) is 0 Å². The number of nitrogens with one attached hydrogen (secondary N) is 1. The van der Waals surface area contributed by atoms with Crippen molar-refractivity contribution in [2.24, 2.45) is 0 Å². The normalized spacial score (nSPS) is 24.5. The van der Waals surface area contributed by atoms with Gasteiger partial charge in [-0.2, -0.15) is 8.42 Å². The lowest BCUT2D eigenvalue weighted by Gasteiger charge is -2.06. The highest BCUT2D eigenvalue weighted by molar-refractivity contribution is 7.90. The summed E-state index contributed by atoms with van der Waals surface area (Å²) in [5, 5.41) is 2.84. The fraction of sp³-hybridized carbons (Fsp3) is 0.143. The van der Waals surface area contributed by atoms with E-state index in [9.17, 15) is 8.42 Å². The predicted molar refractivity (Wildman–Crippen MR) is 43.0 cm³/mol. The Morgan fingerprint density at radius 2 is 1.92 bits per heavy atom. The van der Waals surface area contributed by atoms with E-state index in [4.69, 9.17) is 4.55 Å². The van der Waals surface area contributed by atoms with Gasteiger partial charge in [0.15, 0.2) is 0 Å². The molecule has 2 bridgehead atoms. The van der Waals surface area contributed by atoms with Crippen molar-refractivity contribution in [2.45, 2.75) is 6.92 Å². The lowest BCUT2D eigenvalue weighted by Crippen LogP contribution is -2.14. The number of hydrogen-bond acceptors (Lipinski definition) is 3. The van der Waals surface area contributed by atoms with Crippen molar-refractivity contribution in [3.63, 3.8) is 0 Å². The first-order valence-corrected chi connectivity index (χ1v) is 4.82. The maximum absolute atomic E-state index is 10.8. The second-order valence-electron chi connectivity index (χ2n) is 2.71. The molecule has 0 aliphatic carbocycles. The summed E-state index contributed by atoms with van der Waals surface area (Å²) in [5.41, 5.74) is 0.579. The van der Waals surface area contributed by atoms with Gasteiger partial charge in [0.2, 0.25) is 0 Å². The summed E-state index contributed by atoms with van der Waals surface area (Å²) in [4.78, 5) is 0.000000000000000444. The first-order chi connectivity index (χ1) is 5.50. The van der Waals surface area contributed by atoms with Gasteiger partial charge in [-0.25, -0.2) is 0 Å². The van der Waals surface area contributed by atoms with Crippen LogP contribution in [0.2, 0.25) is 0 Å². The van der Waals surface area contributed by atoms with Crippen LogP contribution in [-0.2, 0) is 10.1 Å². The van der Waals surface area contributed by atoms with Crippen molar-refractivity contribution in [2.75, 3.05) is 0 Å². The topological polar surface area (TPSA) is 66.4 Å². The van der Waals surface area contributed by atoms with Gasteiger partial charge in [-0.15, -0.1) is 0 Å². The van der Waals surface area contributed by atoms with E-state index >= 15 is 0 Å². The Morgan fingerprint density at radius 1 is 1.33 bits per heavy atom. The Kier molecular flexibility index (Phi) is 1.45. The van der Waals surface area contributed by atoms with Crippen LogP contribution < -0.4 is 5.32 Å². The molecule has 0 saturated carbocycles. The van der Waals surface area contributed by atoms with Gasteiger partial charge in [-0.05, 0) is 12.5 Å². The van der Waals surface area contributed by atoms with Gasteiger partial charge in [0.25, 0.3) is 10.1 Å². The highest BCUT2D eigenvalue weighted by atomic mass is 32.2. The average molecular weight is 185 g/mol. The lowest BCUT2D eigenvalue weighted by atomic mass is 10.1. The third-order valence-corrected chi connectivity index (χ3v) is 2.98. The fourth-order valence-electron chi connectivity index (χ4n) is 1.40. The van der Waals surface area contributed by atoms with E-state index in [2.05, 4.69) is 5.32 Å². The molecule has 2 aliphatic heterocycles. The summed E-state index contributed by atoms with van der Waals surface area (Å²) in [6.07, 6.45) is 3.41. The minimum Gasteiger partial charge on any atom is -0.287 e. The van der Waals surface area contributed by atoms with Crippen molar-refractivity contribution in [1.29, 1.82) is 0 Å². The molecule has 64 valence electrons. The minimum absolute atomic E-state index is 0.000000000000000444. The SMILES string of the molecule is CC1=C(S(=O)(=O)O)[C]2C=C[C]1N2. The average Bonchev–Trinajstić information content (AvgIpc) is 2.42. The predicted octanol–water partition coefficient (Wildman–Crippen LogP) is 0.385. The first-order valence-electron chi connectivity index (χ1n) is 3.38. The van der Waals surface area contributed by atoms with Gasteiger partial charge in [0.05, 0.1) is 10.9 Å². The summed E-state index contributed by atoms with van der Waals surface area (Å²) in [6, 6.07) is 1.21. The van der Waals surface area contributed by atoms with Gasteiger partial charge in [0.1, 0.15) is 6.04 Å². The van der Waals surface area contributed by atoms with Crippen LogP contribution in [0.25, 0.3) is 0 Å². The minimum atomic E-state index is -4.07. The Bertz CT molecular complexity index is 379. The molecule has 0 unspecified atom stereocenters. The van der Waals surface area contributed by atoms with Gasteiger partial charge in [0, 0.05) is 0 Å². The highest BCUT2D eigenvalue weighted by Crippen LogP contribution is 2.39.